The molecule has 0 spiro atoms. The first-order valence-electron chi connectivity index (χ1n) is 27.0. The van der Waals surface area contributed by atoms with E-state index in [0.29, 0.717) is 19.3 Å². The van der Waals surface area contributed by atoms with Gasteiger partial charge in [0.15, 0.2) is 0 Å². The van der Waals surface area contributed by atoms with E-state index in [0.717, 1.165) is 109 Å². The quantitative estimate of drug-likeness (QED) is 0.0321. The Kier molecular flexibility index (Phi) is 49.2. The Labute approximate surface area is 401 Å². The number of aliphatic hydroxyl groups is 2. The van der Waals surface area contributed by atoms with Crippen molar-refractivity contribution in [2.45, 2.75) is 257 Å². The Bertz CT molecular complexity index is 1290. The maximum Gasteiger partial charge on any atom is 0.306 e. The van der Waals surface area contributed by atoms with E-state index in [4.69, 9.17) is 4.74 Å². The van der Waals surface area contributed by atoms with Crippen LogP contribution >= 0.6 is 0 Å². The highest BCUT2D eigenvalue weighted by molar-refractivity contribution is 5.77. The molecule has 0 bridgehead atoms. The summed E-state index contributed by atoms with van der Waals surface area (Å²) in [6, 6.07) is -0.727. The molecule has 0 aromatic carbocycles. The van der Waals surface area contributed by atoms with Gasteiger partial charge in [-0.25, -0.2) is 0 Å². The van der Waals surface area contributed by atoms with Gasteiger partial charge in [0.1, 0.15) is 6.10 Å². The highest BCUT2D eigenvalue weighted by atomic mass is 16.5. The van der Waals surface area contributed by atoms with Crippen LogP contribution in [0.2, 0.25) is 0 Å². The molecular weight excluding hydrogens is 803 g/mol. The molecule has 0 radical (unpaired) electrons. The molecule has 372 valence electrons. The summed E-state index contributed by atoms with van der Waals surface area (Å²) in [6.07, 6.45) is 69.1. The fourth-order valence-electron chi connectivity index (χ4n) is 7.67. The van der Waals surface area contributed by atoms with Crippen molar-refractivity contribution in [2.24, 2.45) is 0 Å². The third kappa shape index (κ3) is 47.1. The lowest BCUT2D eigenvalue weighted by Gasteiger charge is -2.24. The molecule has 0 aliphatic heterocycles. The van der Waals surface area contributed by atoms with Crippen LogP contribution in [0.15, 0.2) is 97.2 Å². The number of rotatable bonds is 47. The molecule has 0 fully saturated rings. The largest absolute Gasteiger partial charge is 0.462 e. The summed E-state index contributed by atoms with van der Waals surface area (Å²) >= 11 is 0. The van der Waals surface area contributed by atoms with Crippen molar-refractivity contribution < 1.29 is 24.5 Å². The SMILES string of the molecule is CC/C=C\C/C=C\C/C=C\C/C=C\C/C=C\C/C=C\CCC(=O)OC(CCCCCCC/C=C/C/C=C/CC)CC(=O)NC(CO)C(O)CCCCCCCCCCCCCCCCC. The van der Waals surface area contributed by atoms with Gasteiger partial charge in [0.05, 0.1) is 25.2 Å². The van der Waals surface area contributed by atoms with Crippen LogP contribution in [0.5, 0.6) is 0 Å². The second kappa shape index (κ2) is 51.8. The average molecular weight is 904 g/mol. The average Bonchev–Trinajstić information content (AvgIpc) is 3.30. The van der Waals surface area contributed by atoms with Crippen molar-refractivity contribution in [2.75, 3.05) is 6.61 Å². The number of carbonyl (C=O) groups excluding carboxylic acids is 2. The Morgan fingerprint density at radius 3 is 1.26 bits per heavy atom. The molecule has 0 rings (SSSR count). The molecule has 3 N–H and O–H groups in total. The van der Waals surface area contributed by atoms with Gasteiger partial charge >= 0.3 is 5.97 Å². The van der Waals surface area contributed by atoms with Gasteiger partial charge in [0.2, 0.25) is 5.91 Å². The summed E-state index contributed by atoms with van der Waals surface area (Å²) in [4.78, 5) is 26.2. The zero-order valence-electron chi connectivity index (χ0n) is 42.3. The minimum atomic E-state index is -0.809. The van der Waals surface area contributed by atoms with E-state index in [1.807, 2.05) is 6.08 Å². The molecule has 6 nitrogen and oxygen atoms in total. The molecule has 0 aliphatic carbocycles. The molecule has 0 aromatic heterocycles. The summed E-state index contributed by atoms with van der Waals surface area (Å²) in [5.74, 6) is -0.593. The van der Waals surface area contributed by atoms with Crippen LogP contribution in [0.3, 0.4) is 0 Å². The second-order valence-corrected chi connectivity index (χ2v) is 17.9. The van der Waals surface area contributed by atoms with Crippen LogP contribution in [-0.4, -0.2) is 46.9 Å². The number of esters is 1. The normalized spacial score (nSPS) is 14.0. The molecule has 0 saturated heterocycles. The van der Waals surface area contributed by atoms with Gasteiger partial charge in [-0.05, 0) is 89.9 Å². The first-order valence-corrected chi connectivity index (χ1v) is 27.0. The molecule has 1 amide bonds. The smallest absolute Gasteiger partial charge is 0.306 e. The van der Waals surface area contributed by atoms with Crippen LogP contribution in [0, 0.1) is 0 Å². The van der Waals surface area contributed by atoms with E-state index >= 15 is 0 Å². The summed E-state index contributed by atoms with van der Waals surface area (Å²) in [5, 5.41) is 23.8. The fourth-order valence-corrected chi connectivity index (χ4v) is 7.67. The van der Waals surface area contributed by atoms with Crippen molar-refractivity contribution in [3.63, 3.8) is 0 Å². The predicted molar refractivity (Wildman–Crippen MR) is 282 cm³/mol. The molecule has 0 aliphatic rings. The van der Waals surface area contributed by atoms with Crippen molar-refractivity contribution in [3.05, 3.63) is 97.2 Å². The Morgan fingerprint density at radius 2 is 0.831 bits per heavy atom. The van der Waals surface area contributed by atoms with E-state index in [2.05, 4.69) is 117 Å². The van der Waals surface area contributed by atoms with E-state index in [9.17, 15) is 19.8 Å². The van der Waals surface area contributed by atoms with E-state index in [1.165, 1.54) is 77.0 Å². The fraction of sp³-hybridized carbons (Fsp3) is 0.695. The number of allylic oxidation sites excluding steroid dienone is 16. The molecule has 0 heterocycles. The number of ether oxygens (including phenoxy) is 1. The standard InChI is InChI=1S/C59H101NO5/c1-4-7-10-13-16-19-22-25-27-28-29-30-32-34-37-40-43-46-49-52-59(64)65-55(50-47-44-41-38-35-24-21-18-15-12-9-6-3)53-58(63)60-56(54-61)57(62)51-48-45-42-39-36-33-31-26-23-20-17-14-11-8-5-2/h7,9-10,12,16,18-19,21,25,27,29-30,34,37,43,46,55-57,61-62H,4-6,8,11,13-15,17,20,22-24,26,28,31-33,35-36,38-42,44-45,47-54H2,1-3H3,(H,60,63)/b10-7-,12-9+,19-16-,21-18+,27-25-,30-29-,37-34-,46-43-. The van der Waals surface area contributed by atoms with Gasteiger partial charge < -0.3 is 20.3 Å². The maximum atomic E-state index is 13.2. The van der Waals surface area contributed by atoms with Gasteiger partial charge in [-0.15, -0.1) is 0 Å². The number of aliphatic hydroxyl groups excluding tert-OH is 2. The van der Waals surface area contributed by atoms with Gasteiger partial charge in [0, 0.05) is 6.42 Å². The van der Waals surface area contributed by atoms with Crippen molar-refractivity contribution >= 4 is 11.9 Å². The Balaban J connectivity index is 4.66. The molecule has 3 atom stereocenters. The molecule has 65 heavy (non-hydrogen) atoms. The zero-order valence-corrected chi connectivity index (χ0v) is 42.3. The van der Waals surface area contributed by atoms with Crippen molar-refractivity contribution in [1.29, 1.82) is 0 Å². The molecule has 6 heteroatoms. The number of carbonyl (C=O) groups is 2. The number of hydrogen-bond donors (Lipinski definition) is 3. The van der Waals surface area contributed by atoms with E-state index in [-0.39, 0.29) is 31.3 Å². The number of amides is 1. The van der Waals surface area contributed by atoms with E-state index in [1.54, 1.807) is 0 Å². The highest BCUT2D eigenvalue weighted by Crippen LogP contribution is 2.17. The third-order valence-electron chi connectivity index (χ3n) is 11.7. The number of unbranched alkanes of at least 4 members (excludes halogenated alkanes) is 19. The zero-order chi connectivity index (χ0) is 47.4. The highest BCUT2D eigenvalue weighted by Gasteiger charge is 2.24. The Morgan fingerprint density at radius 1 is 0.462 bits per heavy atom. The van der Waals surface area contributed by atoms with Crippen LogP contribution in [0.4, 0.5) is 0 Å². The minimum absolute atomic E-state index is 0.0328. The summed E-state index contributed by atoms with van der Waals surface area (Å²) in [7, 11) is 0. The van der Waals surface area contributed by atoms with Gasteiger partial charge in [-0.3, -0.25) is 9.59 Å². The van der Waals surface area contributed by atoms with Crippen LogP contribution < -0.4 is 5.32 Å². The van der Waals surface area contributed by atoms with Crippen LogP contribution in [0.25, 0.3) is 0 Å². The van der Waals surface area contributed by atoms with Gasteiger partial charge in [0.25, 0.3) is 0 Å². The molecular formula is C59H101NO5. The summed E-state index contributed by atoms with van der Waals surface area (Å²) < 4.78 is 5.89. The summed E-state index contributed by atoms with van der Waals surface area (Å²) in [6.45, 7) is 6.25. The lowest BCUT2D eigenvalue weighted by molar-refractivity contribution is -0.150. The minimum Gasteiger partial charge on any atom is -0.462 e. The number of hydrogen-bond acceptors (Lipinski definition) is 5. The van der Waals surface area contributed by atoms with Crippen molar-refractivity contribution in [3.8, 4) is 0 Å². The van der Waals surface area contributed by atoms with E-state index < -0.39 is 18.2 Å². The Hall–Kier alpha value is -3.22. The summed E-state index contributed by atoms with van der Waals surface area (Å²) in [5.41, 5.74) is 0. The van der Waals surface area contributed by atoms with Crippen LogP contribution in [0.1, 0.15) is 239 Å². The molecule has 3 unspecified atom stereocenters. The van der Waals surface area contributed by atoms with Crippen molar-refractivity contribution in [1.82, 2.24) is 5.32 Å². The second-order valence-electron chi connectivity index (χ2n) is 17.9. The lowest BCUT2D eigenvalue weighted by Crippen LogP contribution is -2.46. The van der Waals surface area contributed by atoms with Gasteiger partial charge in [-0.1, -0.05) is 234 Å². The molecule has 0 aromatic rings. The lowest BCUT2D eigenvalue weighted by atomic mass is 10.0. The molecule has 0 saturated carbocycles. The first-order chi connectivity index (χ1) is 32.0. The maximum absolute atomic E-state index is 13.2. The third-order valence-corrected chi connectivity index (χ3v) is 11.7. The van der Waals surface area contributed by atoms with Gasteiger partial charge in [-0.2, -0.15) is 0 Å². The topological polar surface area (TPSA) is 95.9 Å². The predicted octanol–water partition coefficient (Wildman–Crippen LogP) is 16.5. The van der Waals surface area contributed by atoms with Crippen LogP contribution in [-0.2, 0) is 14.3 Å². The number of nitrogens with one attached hydrogen (secondary N) is 1. The first kappa shape index (κ1) is 61.8. The monoisotopic (exact) mass is 904 g/mol.